The summed E-state index contributed by atoms with van der Waals surface area (Å²) in [7, 11) is 0. The lowest BCUT2D eigenvalue weighted by molar-refractivity contribution is 0.557. The van der Waals surface area contributed by atoms with Gasteiger partial charge < -0.3 is 5.73 Å². The van der Waals surface area contributed by atoms with Gasteiger partial charge >= 0.3 is 0 Å². The minimum Gasteiger partial charge on any atom is -0.330 e. The molecule has 0 amide bonds. The highest BCUT2D eigenvalue weighted by Crippen LogP contribution is 2.64. The highest BCUT2D eigenvalue weighted by molar-refractivity contribution is 5.38. The van der Waals surface area contributed by atoms with Crippen LogP contribution < -0.4 is 5.73 Å². The largest absolute Gasteiger partial charge is 0.330 e. The van der Waals surface area contributed by atoms with Crippen LogP contribution in [0.15, 0.2) is 18.2 Å². The summed E-state index contributed by atoms with van der Waals surface area (Å²) in [6.45, 7) is 6.96. The second-order valence-electron chi connectivity index (χ2n) is 5.10. The van der Waals surface area contributed by atoms with Crippen LogP contribution >= 0.6 is 0 Å². The zero-order valence-corrected chi connectivity index (χ0v) is 9.55. The fourth-order valence-corrected chi connectivity index (χ4v) is 2.76. The molecule has 1 aliphatic rings. The molecule has 0 bridgehead atoms. The normalized spacial score (nSPS) is 27.8. The van der Waals surface area contributed by atoms with Crippen molar-refractivity contribution in [1.29, 1.82) is 0 Å². The molecule has 1 aromatic carbocycles. The summed E-state index contributed by atoms with van der Waals surface area (Å²) >= 11 is 0. The summed E-state index contributed by atoms with van der Waals surface area (Å²) in [5.41, 5.74) is 7.88. The number of rotatable bonds is 2. The Labute approximate surface area is 90.5 Å². The van der Waals surface area contributed by atoms with Gasteiger partial charge in [0.25, 0.3) is 0 Å². The summed E-state index contributed by atoms with van der Waals surface area (Å²) in [6.07, 6.45) is 0. The molecule has 2 atom stereocenters. The second kappa shape index (κ2) is 3.31. The maximum atomic E-state index is 13.4. The van der Waals surface area contributed by atoms with Gasteiger partial charge in [-0.1, -0.05) is 26.0 Å². The number of benzene rings is 1. The molecule has 2 unspecified atom stereocenters. The van der Waals surface area contributed by atoms with E-state index in [0.29, 0.717) is 18.4 Å². The Hall–Kier alpha value is -0.890. The van der Waals surface area contributed by atoms with E-state index in [1.54, 1.807) is 6.07 Å². The van der Waals surface area contributed by atoms with Crippen LogP contribution in [0.5, 0.6) is 0 Å². The number of nitrogens with two attached hydrogens (primary N) is 1. The van der Waals surface area contributed by atoms with Crippen molar-refractivity contribution in [2.24, 2.45) is 17.1 Å². The first kappa shape index (κ1) is 10.6. The molecule has 1 aromatic rings. The molecule has 2 N–H and O–H groups in total. The van der Waals surface area contributed by atoms with Crippen LogP contribution in [-0.2, 0) is 0 Å². The molecule has 0 radical (unpaired) electrons. The average Bonchev–Trinajstić information content (AvgIpc) is 2.73. The van der Waals surface area contributed by atoms with Gasteiger partial charge in [-0.05, 0) is 47.9 Å². The van der Waals surface area contributed by atoms with Crippen molar-refractivity contribution < 1.29 is 4.39 Å². The lowest BCUT2D eigenvalue weighted by atomic mass is 9.98. The van der Waals surface area contributed by atoms with Crippen molar-refractivity contribution in [3.8, 4) is 0 Å². The highest BCUT2D eigenvalue weighted by Gasteiger charge is 2.57. The third-order valence-electron chi connectivity index (χ3n) is 3.95. The third kappa shape index (κ3) is 1.48. The molecule has 0 aromatic heterocycles. The van der Waals surface area contributed by atoms with Crippen LogP contribution in [0.25, 0.3) is 0 Å². The summed E-state index contributed by atoms with van der Waals surface area (Å²) in [5.74, 6) is 0.821. The van der Waals surface area contributed by atoms with Gasteiger partial charge in [-0.2, -0.15) is 0 Å². The van der Waals surface area contributed by atoms with Crippen molar-refractivity contribution in [1.82, 2.24) is 0 Å². The van der Waals surface area contributed by atoms with Crippen LogP contribution in [0.2, 0.25) is 0 Å². The molecule has 2 heteroatoms. The monoisotopic (exact) mass is 207 g/mol. The topological polar surface area (TPSA) is 26.0 Å². The Balaban J connectivity index is 2.37. The summed E-state index contributed by atoms with van der Waals surface area (Å²) in [6, 6.07) is 5.34. The first-order valence-electron chi connectivity index (χ1n) is 5.45. The van der Waals surface area contributed by atoms with Gasteiger partial charge in [-0.25, -0.2) is 4.39 Å². The van der Waals surface area contributed by atoms with E-state index >= 15 is 0 Å². The fraction of sp³-hybridized carbons (Fsp3) is 0.538. The van der Waals surface area contributed by atoms with Crippen LogP contribution in [0.4, 0.5) is 4.39 Å². The zero-order valence-electron chi connectivity index (χ0n) is 9.55. The lowest BCUT2D eigenvalue weighted by Crippen LogP contribution is -2.05. The molecule has 0 aliphatic heterocycles. The molecule has 0 heterocycles. The van der Waals surface area contributed by atoms with Gasteiger partial charge in [0, 0.05) is 0 Å². The Morgan fingerprint density at radius 1 is 1.40 bits per heavy atom. The van der Waals surface area contributed by atoms with Crippen molar-refractivity contribution in [2.45, 2.75) is 26.7 Å². The van der Waals surface area contributed by atoms with Gasteiger partial charge in [-0.15, -0.1) is 0 Å². The minimum absolute atomic E-state index is 0.106. The Morgan fingerprint density at radius 2 is 2.07 bits per heavy atom. The number of halogens is 1. The Kier molecular flexibility index (Phi) is 2.34. The van der Waals surface area contributed by atoms with Crippen LogP contribution in [0, 0.1) is 24.1 Å². The van der Waals surface area contributed by atoms with Gasteiger partial charge in [-0.3, -0.25) is 0 Å². The van der Waals surface area contributed by atoms with E-state index < -0.39 is 0 Å². The van der Waals surface area contributed by atoms with Crippen molar-refractivity contribution in [3.63, 3.8) is 0 Å². The molecule has 82 valence electrons. The smallest absolute Gasteiger partial charge is 0.126 e. The fourth-order valence-electron chi connectivity index (χ4n) is 2.76. The second-order valence-corrected chi connectivity index (χ2v) is 5.10. The van der Waals surface area contributed by atoms with E-state index in [4.69, 9.17) is 5.73 Å². The van der Waals surface area contributed by atoms with Crippen molar-refractivity contribution in [2.75, 3.05) is 6.54 Å². The molecule has 1 aliphatic carbocycles. The maximum Gasteiger partial charge on any atom is 0.126 e. The molecule has 1 fully saturated rings. The molecule has 1 nitrogen and oxygen atoms in total. The van der Waals surface area contributed by atoms with Crippen LogP contribution in [-0.4, -0.2) is 6.54 Å². The Bertz CT molecular complexity index is 384. The first-order chi connectivity index (χ1) is 7.00. The minimum atomic E-state index is -0.106. The zero-order chi connectivity index (χ0) is 11.2. The predicted molar refractivity (Wildman–Crippen MR) is 60.2 cm³/mol. The predicted octanol–water partition coefficient (Wildman–Crippen LogP) is 2.83. The molecular formula is C13H18FN. The molecule has 1 saturated carbocycles. The highest BCUT2D eigenvalue weighted by atomic mass is 19.1. The standard InChI is InChI=1S/C13H18FN/c1-8-9(5-4-6-11(8)14)12-10(7-15)13(12,2)3/h4-6,10,12H,7,15H2,1-3H3. The summed E-state index contributed by atoms with van der Waals surface area (Å²) in [5, 5.41) is 0. The van der Waals surface area contributed by atoms with Crippen LogP contribution in [0.3, 0.4) is 0 Å². The van der Waals surface area contributed by atoms with Gasteiger partial charge in [0.2, 0.25) is 0 Å². The van der Waals surface area contributed by atoms with E-state index in [0.717, 1.165) is 11.1 Å². The SMILES string of the molecule is Cc1c(F)cccc1C1C(CN)C1(C)C. The third-order valence-corrected chi connectivity index (χ3v) is 3.95. The first-order valence-corrected chi connectivity index (χ1v) is 5.45. The van der Waals surface area contributed by atoms with Gasteiger partial charge in [0.05, 0.1) is 0 Å². The summed E-state index contributed by atoms with van der Waals surface area (Å²) in [4.78, 5) is 0. The van der Waals surface area contributed by atoms with E-state index in [1.165, 1.54) is 6.07 Å². The molecule has 15 heavy (non-hydrogen) atoms. The molecular weight excluding hydrogens is 189 g/mol. The van der Waals surface area contributed by atoms with Crippen molar-refractivity contribution in [3.05, 3.63) is 35.1 Å². The van der Waals surface area contributed by atoms with E-state index in [9.17, 15) is 4.39 Å². The van der Waals surface area contributed by atoms with Crippen LogP contribution in [0.1, 0.15) is 30.9 Å². The van der Waals surface area contributed by atoms with Gasteiger partial charge in [0.1, 0.15) is 5.82 Å². The summed E-state index contributed by atoms with van der Waals surface area (Å²) < 4.78 is 13.4. The maximum absolute atomic E-state index is 13.4. The molecule has 0 saturated heterocycles. The molecule has 0 spiro atoms. The Morgan fingerprint density at radius 3 is 2.60 bits per heavy atom. The number of hydrogen-bond donors (Lipinski definition) is 1. The van der Waals surface area contributed by atoms with E-state index in [1.807, 2.05) is 13.0 Å². The van der Waals surface area contributed by atoms with E-state index in [2.05, 4.69) is 13.8 Å². The average molecular weight is 207 g/mol. The van der Waals surface area contributed by atoms with Gasteiger partial charge in [0.15, 0.2) is 0 Å². The van der Waals surface area contributed by atoms with E-state index in [-0.39, 0.29) is 11.2 Å². The van der Waals surface area contributed by atoms with Crippen molar-refractivity contribution >= 4 is 0 Å². The molecule has 2 rings (SSSR count). The quantitative estimate of drug-likeness (QED) is 0.793. The number of hydrogen-bond acceptors (Lipinski definition) is 1. The lowest BCUT2D eigenvalue weighted by Gasteiger charge is -2.07.